The Morgan fingerprint density at radius 3 is 2.11 bits per heavy atom. The van der Waals surface area contributed by atoms with E-state index in [0.29, 0.717) is 0 Å². The fraction of sp³-hybridized carbons (Fsp3) is 0.429. The van der Waals surface area contributed by atoms with Crippen molar-refractivity contribution in [2.24, 2.45) is 0 Å². The normalized spacial score (nSPS) is 8.33. The summed E-state index contributed by atoms with van der Waals surface area (Å²) in [6.45, 7) is 6.39. The number of rotatable bonds is 0. The molecule has 0 heterocycles. The molecule has 0 unspecified atom stereocenters. The number of allylic oxidation sites excluding steroid dienone is 1. The van der Waals surface area contributed by atoms with Crippen molar-refractivity contribution < 1.29 is 34.7 Å². The monoisotopic (exact) mass is 132 g/mol. The van der Waals surface area contributed by atoms with E-state index in [1.165, 1.54) is 19.9 Å². The molecule has 0 aromatic carbocycles. The Balaban J connectivity index is 0. The molecule has 0 rings (SSSR count). The Morgan fingerprint density at radius 1 is 1.56 bits per heavy atom. The Labute approximate surface area is 78.4 Å². The van der Waals surface area contributed by atoms with E-state index in [2.05, 4.69) is 18.4 Å². The van der Waals surface area contributed by atoms with Gasteiger partial charge in [0.1, 0.15) is 0 Å². The minimum atomic E-state index is -1.13. The van der Waals surface area contributed by atoms with Gasteiger partial charge in [-0.05, 0) is 6.08 Å². The van der Waals surface area contributed by atoms with Crippen LogP contribution in [0.15, 0.2) is 12.7 Å². The van der Waals surface area contributed by atoms with Crippen molar-refractivity contribution in [3.8, 4) is 11.8 Å². The van der Waals surface area contributed by atoms with Gasteiger partial charge in [0.2, 0.25) is 0 Å². The van der Waals surface area contributed by atoms with Gasteiger partial charge in [-0.2, -0.15) is 0 Å². The molecule has 9 heavy (non-hydrogen) atoms. The quantitative estimate of drug-likeness (QED) is 0.260. The summed E-state index contributed by atoms with van der Waals surface area (Å²) in [6.07, 6.45) is 1.42. The van der Waals surface area contributed by atoms with Crippen molar-refractivity contribution in [2.45, 2.75) is 19.4 Å². The van der Waals surface area contributed by atoms with Gasteiger partial charge < -0.3 is 5.11 Å². The van der Waals surface area contributed by atoms with E-state index >= 15 is 0 Å². The summed E-state index contributed by atoms with van der Waals surface area (Å²) < 4.78 is 0. The van der Waals surface area contributed by atoms with Crippen LogP contribution in [0.2, 0.25) is 0 Å². The Morgan fingerprint density at radius 2 is 2.00 bits per heavy atom. The van der Waals surface area contributed by atoms with Gasteiger partial charge in [-0.25, -0.2) is 0 Å². The summed E-state index contributed by atoms with van der Waals surface area (Å²) in [5.74, 6) is 4.94. The van der Waals surface area contributed by atoms with Crippen LogP contribution in [0.3, 0.4) is 0 Å². The van der Waals surface area contributed by atoms with Gasteiger partial charge in [-0.1, -0.05) is 31.9 Å². The minimum absolute atomic E-state index is 0. The molecule has 0 aromatic rings. The van der Waals surface area contributed by atoms with Crippen LogP contribution in [0.5, 0.6) is 0 Å². The van der Waals surface area contributed by atoms with E-state index in [1.807, 2.05) is 0 Å². The summed E-state index contributed by atoms with van der Waals surface area (Å²) in [6, 6.07) is 0. The molecule has 0 atom stereocenters. The van der Waals surface area contributed by atoms with Gasteiger partial charge in [0.05, 0.1) is 0 Å². The molecular weight excluding hydrogens is 123 g/mol. The third kappa shape index (κ3) is 11.7. The summed E-state index contributed by atoms with van der Waals surface area (Å²) in [4.78, 5) is 0. The Hall–Kier alpha value is 0.260. The van der Waals surface area contributed by atoms with Crippen molar-refractivity contribution in [2.75, 3.05) is 0 Å². The average Bonchev–Trinajstić information content (AvgIpc) is 1.59. The molecule has 0 saturated carbocycles. The second-order valence-electron chi connectivity index (χ2n) is 1.98. The van der Waals surface area contributed by atoms with Crippen molar-refractivity contribution in [1.29, 1.82) is 0 Å². The zero-order valence-corrected chi connectivity index (χ0v) is 8.19. The number of hydrogen-bond acceptors (Lipinski definition) is 1. The zero-order chi connectivity index (χ0) is 6.62. The summed E-state index contributed by atoms with van der Waals surface area (Å²) >= 11 is 0. The van der Waals surface area contributed by atoms with Crippen LogP contribution in [0.25, 0.3) is 0 Å². The molecule has 0 amide bonds. The van der Waals surface area contributed by atoms with Crippen molar-refractivity contribution in [1.82, 2.24) is 0 Å². The molecule has 0 aliphatic carbocycles. The average molecular weight is 132 g/mol. The maximum atomic E-state index is 10.6. The predicted molar refractivity (Wildman–Crippen MR) is 32.1 cm³/mol. The first-order chi connectivity index (χ1) is 3.56. The van der Waals surface area contributed by atoms with Crippen molar-refractivity contribution in [3.05, 3.63) is 12.7 Å². The van der Waals surface area contributed by atoms with Gasteiger partial charge in [-0.3, -0.25) is 0 Å². The standard InChI is InChI=1S/C7H9O.Na/c1-4-5-6-7(2,3)8;/h4H,1H2,2-3H3;/q-1;+1. The van der Waals surface area contributed by atoms with E-state index in [1.54, 1.807) is 0 Å². The Bertz CT molecular complexity index is 133. The topological polar surface area (TPSA) is 23.1 Å². The smallest absolute Gasteiger partial charge is 0.840 e. The third-order valence-electron chi connectivity index (χ3n) is 0.475. The summed E-state index contributed by atoms with van der Waals surface area (Å²) in [7, 11) is 0. The molecule has 0 bridgehead atoms. The summed E-state index contributed by atoms with van der Waals surface area (Å²) in [5, 5.41) is 10.6. The molecule has 0 N–H and O–H groups in total. The fourth-order valence-electron chi connectivity index (χ4n) is 0.225. The van der Waals surface area contributed by atoms with E-state index in [-0.39, 0.29) is 29.6 Å². The first-order valence-electron chi connectivity index (χ1n) is 2.40. The van der Waals surface area contributed by atoms with Gasteiger partial charge in [-0.15, -0.1) is 5.92 Å². The maximum Gasteiger partial charge on any atom is 1.00 e. The first-order valence-corrected chi connectivity index (χ1v) is 2.40. The van der Waals surface area contributed by atoms with Gasteiger partial charge >= 0.3 is 29.6 Å². The molecule has 0 saturated heterocycles. The van der Waals surface area contributed by atoms with Crippen LogP contribution >= 0.6 is 0 Å². The molecule has 0 radical (unpaired) electrons. The van der Waals surface area contributed by atoms with Crippen molar-refractivity contribution >= 4 is 0 Å². The molecule has 0 aliphatic rings. The second kappa shape index (κ2) is 5.08. The first kappa shape index (κ1) is 12.0. The molecular formula is C7H9NaO. The minimum Gasteiger partial charge on any atom is -0.840 e. The molecule has 44 valence electrons. The SMILES string of the molecule is C=CC#CC(C)(C)[O-].[Na+]. The third-order valence-corrected chi connectivity index (χ3v) is 0.475. The van der Waals surface area contributed by atoms with E-state index in [0.717, 1.165) is 0 Å². The van der Waals surface area contributed by atoms with E-state index in [9.17, 15) is 5.11 Å². The Kier molecular flexibility index (Phi) is 6.76. The molecule has 0 spiro atoms. The van der Waals surface area contributed by atoms with Gasteiger partial charge in [0, 0.05) is 0 Å². The van der Waals surface area contributed by atoms with E-state index in [4.69, 9.17) is 0 Å². The predicted octanol–water partition coefficient (Wildman–Crippen LogP) is -2.68. The van der Waals surface area contributed by atoms with Crippen LogP contribution in [-0.2, 0) is 0 Å². The van der Waals surface area contributed by atoms with Gasteiger partial charge in [0.15, 0.2) is 0 Å². The van der Waals surface area contributed by atoms with Gasteiger partial charge in [0.25, 0.3) is 0 Å². The number of hydrogen-bond donors (Lipinski definition) is 0. The van der Waals surface area contributed by atoms with E-state index < -0.39 is 5.60 Å². The van der Waals surface area contributed by atoms with Crippen LogP contribution in [0, 0.1) is 11.8 Å². The second-order valence-corrected chi connectivity index (χ2v) is 1.98. The van der Waals surface area contributed by atoms with Crippen LogP contribution in [0.4, 0.5) is 0 Å². The van der Waals surface area contributed by atoms with Crippen LogP contribution in [0.1, 0.15) is 13.8 Å². The maximum absolute atomic E-state index is 10.6. The molecule has 0 fully saturated rings. The molecule has 0 aromatic heterocycles. The fourth-order valence-corrected chi connectivity index (χ4v) is 0.225. The molecule has 2 heteroatoms. The van der Waals surface area contributed by atoms with Crippen molar-refractivity contribution in [3.63, 3.8) is 0 Å². The van der Waals surface area contributed by atoms with Crippen LogP contribution < -0.4 is 34.7 Å². The molecule has 1 nitrogen and oxygen atoms in total. The molecule has 0 aliphatic heterocycles. The largest absolute Gasteiger partial charge is 1.00 e. The summed E-state index contributed by atoms with van der Waals surface area (Å²) in [5.41, 5.74) is -1.13. The van der Waals surface area contributed by atoms with Crippen LogP contribution in [-0.4, -0.2) is 5.60 Å². The zero-order valence-electron chi connectivity index (χ0n) is 6.19.